The molecule has 6 heteroatoms. The van der Waals surface area contributed by atoms with Crippen molar-refractivity contribution in [3.63, 3.8) is 0 Å². The Morgan fingerprint density at radius 3 is 2.31 bits per heavy atom. The number of benzene rings is 2. The third-order valence-corrected chi connectivity index (χ3v) is 4.06. The lowest BCUT2D eigenvalue weighted by Crippen LogP contribution is -2.15. The molecule has 0 saturated heterocycles. The molecule has 132 valence electrons. The molecule has 3 rings (SSSR count). The number of halogens is 1. The Morgan fingerprint density at radius 1 is 1.00 bits per heavy atom. The first-order valence-corrected chi connectivity index (χ1v) is 8.70. The second-order valence-electron chi connectivity index (χ2n) is 5.82. The molecule has 0 aliphatic heterocycles. The molecule has 0 spiro atoms. The van der Waals surface area contributed by atoms with Crippen molar-refractivity contribution in [3.05, 3.63) is 76.7 Å². The smallest absolute Gasteiger partial charge is 0.274 e. The molecule has 26 heavy (non-hydrogen) atoms. The van der Waals surface area contributed by atoms with Gasteiger partial charge in [0.05, 0.1) is 0 Å². The van der Waals surface area contributed by atoms with Crippen molar-refractivity contribution in [3.8, 4) is 0 Å². The minimum absolute atomic E-state index is 0.292. The lowest BCUT2D eigenvalue weighted by Gasteiger charge is -2.10. The van der Waals surface area contributed by atoms with Gasteiger partial charge in [-0.05, 0) is 55.3 Å². The van der Waals surface area contributed by atoms with Crippen molar-refractivity contribution in [1.82, 2.24) is 9.97 Å². The van der Waals surface area contributed by atoms with E-state index in [1.165, 1.54) is 5.56 Å². The number of hydrogen-bond donors (Lipinski definition) is 2. The maximum atomic E-state index is 12.5. The number of amides is 1. The van der Waals surface area contributed by atoms with Crippen molar-refractivity contribution >= 4 is 34.7 Å². The Labute approximate surface area is 157 Å². The molecule has 2 N–H and O–H groups in total. The number of carbonyl (C=O) groups excluding carboxylic acids is 1. The predicted molar refractivity (Wildman–Crippen MR) is 105 cm³/mol. The van der Waals surface area contributed by atoms with Crippen LogP contribution < -0.4 is 10.6 Å². The quantitative estimate of drug-likeness (QED) is 0.667. The van der Waals surface area contributed by atoms with E-state index in [2.05, 4.69) is 39.7 Å². The zero-order valence-electron chi connectivity index (χ0n) is 14.6. The summed E-state index contributed by atoms with van der Waals surface area (Å²) in [6, 6.07) is 16.6. The van der Waals surface area contributed by atoms with E-state index < -0.39 is 0 Å². The zero-order chi connectivity index (χ0) is 18.5. The molecule has 0 radical (unpaired) electrons. The van der Waals surface area contributed by atoms with Crippen LogP contribution in [0.5, 0.6) is 0 Å². The number of hydrogen-bond acceptors (Lipinski definition) is 4. The fourth-order valence-electron chi connectivity index (χ4n) is 2.45. The Kier molecular flexibility index (Phi) is 5.49. The molecule has 0 saturated carbocycles. The highest BCUT2D eigenvalue weighted by Gasteiger charge is 2.11. The molecule has 3 aromatic rings. The minimum Gasteiger partial charge on any atom is -0.340 e. The Balaban J connectivity index is 1.77. The van der Waals surface area contributed by atoms with Crippen LogP contribution in [0.3, 0.4) is 0 Å². The summed E-state index contributed by atoms with van der Waals surface area (Å²) in [5.74, 6) is 0.784. The summed E-state index contributed by atoms with van der Waals surface area (Å²) >= 11 is 5.86. The molecular formula is C20H19ClN4O. The van der Waals surface area contributed by atoms with E-state index in [1.54, 1.807) is 37.3 Å². The zero-order valence-corrected chi connectivity index (χ0v) is 15.3. The van der Waals surface area contributed by atoms with Gasteiger partial charge in [-0.1, -0.05) is 30.7 Å². The van der Waals surface area contributed by atoms with Crippen LogP contribution in [-0.4, -0.2) is 15.9 Å². The van der Waals surface area contributed by atoms with Crippen LogP contribution in [0.15, 0.2) is 54.6 Å². The van der Waals surface area contributed by atoms with E-state index in [-0.39, 0.29) is 5.91 Å². The van der Waals surface area contributed by atoms with Gasteiger partial charge in [0, 0.05) is 22.5 Å². The highest BCUT2D eigenvalue weighted by Crippen LogP contribution is 2.18. The van der Waals surface area contributed by atoms with Gasteiger partial charge in [0.1, 0.15) is 17.3 Å². The molecule has 1 amide bonds. The number of rotatable bonds is 5. The molecule has 0 fully saturated rings. The molecule has 5 nitrogen and oxygen atoms in total. The normalized spacial score (nSPS) is 10.4. The van der Waals surface area contributed by atoms with Gasteiger partial charge in [-0.25, -0.2) is 9.97 Å². The summed E-state index contributed by atoms with van der Waals surface area (Å²) in [6.45, 7) is 3.87. The molecule has 0 bridgehead atoms. The number of nitrogens with one attached hydrogen (secondary N) is 2. The van der Waals surface area contributed by atoms with Crippen molar-refractivity contribution < 1.29 is 4.79 Å². The average molecular weight is 367 g/mol. The minimum atomic E-state index is -0.304. The number of aryl methyl sites for hydroxylation is 2. The maximum absolute atomic E-state index is 12.5. The number of aromatic nitrogens is 2. The maximum Gasteiger partial charge on any atom is 0.274 e. The summed E-state index contributed by atoms with van der Waals surface area (Å²) in [6.07, 6.45) is 0.988. The van der Waals surface area contributed by atoms with Gasteiger partial charge >= 0.3 is 0 Å². The van der Waals surface area contributed by atoms with E-state index in [9.17, 15) is 4.79 Å². The lowest BCUT2D eigenvalue weighted by molar-refractivity contribution is 0.102. The van der Waals surface area contributed by atoms with Crippen molar-refractivity contribution in [2.24, 2.45) is 0 Å². The summed E-state index contributed by atoms with van der Waals surface area (Å²) in [5, 5.41) is 6.63. The van der Waals surface area contributed by atoms with Gasteiger partial charge < -0.3 is 10.6 Å². The third-order valence-electron chi connectivity index (χ3n) is 3.81. The van der Waals surface area contributed by atoms with E-state index in [4.69, 9.17) is 11.6 Å². The van der Waals surface area contributed by atoms with Crippen molar-refractivity contribution in [1.29, 1.82) is 0 Å². The molecule has 1 heterocycles. The molecule has 0 aliphatic rings. The summed E-state index contributed by atoms with van der Waals surface area (Å²) in [4.78, 5) is 21.1. The second kappa shape index (κ2) is 7.97. The first-order valence-electron chi connectivity index (χ1n) is 8.32. The van der Waals surface area contributed by atoms with Crippen LogP contribution in [0.2, 0.25) is 5.02 Å². The van der Waals surface area contributed by atoms with E-state index in [0.717, 1.165) is 12.1 Å². The standard InChI is InChI=1S/C20H19ClN4O/c1-3-14-4-8-16(9-5-14)24-19-12-18(22-13(2)23-19)20(26)25-17-10-6-15(21)7-11-17/h4-12H,3H2,1-2H3,(H,25,26)(H,22,23,24). The number of anilines is 3. The van der Waals surface area contributed by atoms with Crippen LogP contribution in [0.25, 0.3) is 0 Å². The van der Waals surface area contributed by atoms with Crippen molar-refractivity contribution in [2.75, 3.05) is 10.6 Å². The van der Waals surface area contributed by atoms with Gasteiger partial charge in [-0.2, -0.15) is 0 Å². The van der Waals surface area contributed by atoms with Crippen LogP contribution in [0.4, 0.5) is 17.2 Å². The first kappa shape index (κ1) is 17.9. The SMILES string of the molecule is CCc1ccc(Nc2cc(C(=O)Nc3ccc(Cl)cc3)nc(C)n2)cc1. The third kappa shape index (κ3) is 4.58. The lowest BCUT2D eigenvalue weighted by atomic mass is 10.1. The topological polar surface area (TPSA) is 66.9 Å². The van der Waals surface area contributed by atoms with Crippen LogP contribution in [-0.2, 0) is 6.42 Å². The molecule has 0 atom stereocenters. The molecule has 1 aromatic heterocycles. The summed E-state index contributed by atoms with van der Waals surface area (Å²) in [7, 11) is 0. The Hall–Kier alpha value is -2.92. The van der Waals surface area contributed by atoms with E-state index in [0.29, 0.717) is 28.0 Å². The number of nitrogens with zero attached hydrogens (tertiary/aromatic N) is 2. The van der Waals surface area contributed by atoms with E-state index >= 15 is 0 Å². The average Bonchev–Trinajstić information content (AvgIpc) is 2.64. The fraction of sp³-hybridized carbons (Fsp3) is 0.150. The largest absolute Gasteiger partial charge is 0.340 e. The van der Waals surface area contributed by atoms with Crippen LogP contribution >= 0.6 is 11.6 Å². The molecule has 0 unspecified atom stereocenters. The Bertz CT molecular complexity index is 908. The van der Waals surface area contributed by atoms with E-state index in [1.807, 2.05) is 12.1 Å². The second-order valence-corrected chi connectivity index (χ2v) is 6.26. The molecule has 2 aromatic carbocycles. The van der Waals surface area contributed by atoms with Gasteiger partial charge in [0.15, 0.2) is 0 Å². The fourth-order valence-corrected chi connectivity index (χ4v) is 2.57. The van der Waals surface area contributed by atoms with Gasteiger partial charge in [0.25, 0.3) is 5.91 Å². The molecular weight excluding hydrogens is 348 g/mol. The van der Waals surface area contributed by atoms with Gasteiger partial charge in [0.2, 0.25) is 0 Å². The van der Waals surface area contributed by atoms with Crippen LogP contribution in [0.1, 0.15) is 28.8 Å². The summed E-state index contributed by atoms with van der Waals surface area (Å²) in [5.41, 5.74) is 3.11. The number of carbonyl (C=O) groups is 1. The highest BCUT2D eigenvalue weighted by molar-refractivity contribution is 6.30. The van der Waals surface area contributed by atoms with Crippen LogP contribution in [0, 0.1) is 6.92 Å². The van der Waals surface area contributed by atoms with Crippen molar-refractivity contribution in [2.45, 2.75) is 20.3 Å². The molecule has 0 aliphatic carbocycles. The summed E-state index contributed by atoms with van der Waals surface area (Å²) < 4.78 is 0. The van der Waals surface area contributed by atoms with Gasteiger partial charge in [-0.15, -0.1) is 0 Å². The monoisotopic (exact) mass is 366 g/mol. The first-order chi connectivity index (χ1) is 12.5. The van der Waals surface area contributed by atoms with Gasteiger partial charge in [-0.3, -0.25) is 4.79 Å². The highest BCUT2D eigenvalue weighted by atomic mass is 35.5. The Morgan fingerprint density at radius 2 is 1.65 bits per heavy atom. The predicted octanol–water partition coefficient (Wildman–Crippen LogP) is 5.00.